The summed E-state index contributed by atoms with van der Waals surface area (Å²) in [6.45, 7) is 0.765. The first-order valence-electron chi connectivity index (χ1n) is 9.48. The predicted molar refractivity (Wildman–Crippen MR) is 118 cm³/mol. The van der Waals surface area contributed by atoms with Crippen LogP contribution >= 0.6 is 11.6 Å². The Bertz CT molecular complexity index is 1210. The van der Waals surface area contributed by atoms with Gasteiger partial charge >= 0.3 is 0 Å². The van der Waals surface area contributed by atoms with E-state index in [-0.39, 0.29) is 0 Å². The van der Waals surface area contributed by atoms with Gasteiger partial charge in [-0.05, 0) is 34.9 Å². The summed E-state index contributed by atoms with van der Waals surface area (Å²) < 4.78 is 2.11. The van der Waals surface area contributed by atoms with Crippen molar-refractivity contribution in [2.45, 2.75) is 6.54 Å². The first kappa shape index (κ1) is 17.7. The Balaban J connectivity index is 1.41. The fourth-order valence-corrected chi connectivity index (χ4v) is 3.55. The fourth-order valence-electron chi connectivity index (χ4n) is 3.42. The minimum Gasteiger partial charge on any atom is -0.348 e. The molecule has 0 aromatic heterocycles. The molecule has 0 fully saturated rings. The van der Waals surface area contributed by atoms with Crippen LogP contribution in [-0.2, 0) is 6.54 Å². The number of hydrogen-bond donors (Lipinski definition) is 0. The van der Waals surface area contributed by atoms with E-state index in [0.717, 1.165) is 34.3 Å². The van der Waals surface area contributed by atoms with Crippen molar-refractivity contribution in [1.82, 2.24) is 14.5 Å². The summed E-state index contributed by atoms with van der Waals surface area (Å²) in [4.78, 5) is 9.45. The highest BCUT2D eigenvalue weighted by molar-refractivity contribution is 6.30. The number of fused-ring (bicyclic) bond motifs is 1. The normalized spacial score (nSPS) is 11.1. The molecular weight excluding hydrogens is 378 g/mol. The summed E-state index contributed by atoms with van der Waals surface area (Å²) in [5.74, 6) is 0.754. The van der Waals surface area contributed by atoms with Crippen LogP contribution in [0, 0.1) is 0 Å². The van der Waals surface area contributed by atoms with Gasteiger partial charge in [0.05, 0.1) is 5.69 Å². The zero-order valence-electron chi connectivity index (χ0n) is 15.7. The molecule has 3 aromatic carbocycles. The van der Waals surface area contributed by atoms with Crippen molar-refractivity contribution in [3.05, 3.63) is 108 Å². The van der Waals surface area contributed by atoms with Gasteiger partial charge in [0, 0.05) is 29.5 Å². The maximum absolute atomic E-state index is 5.97. The average molecular weight is 396 g/mol. The van der Waals surface area contributed by atoms with E-state index >= 15 is 0 Å². The lowest BCUT2D eigenvalue weighted by molar-refractivity contribution is 0.789. The van der Waals surface area contributed by atoms with Crippen LogP contribution in [0.2, 0.25) is 5.02 Å². The number of halogens is 1. The molecule has 140 valence electrons. The summed E-state index contributed by atoms with van der Waals surface area (Å²) in [5, 5.41) is 0.749. The molecule has 0 bridgehead atoms. The van der Waals surface area contributed by atoms with Crippen LogP contribution in [0.3, 0.4) is 0 Å². The van der Waals surface area contributed by atoms with Gasteiger partial charge in [-0.25, -0.2) is 9.97 Å². The fraction of sp³-hybridized carbons (Fsp3) is 0.0400. The molecule has 0 unspecified atom stereocenters. The van der Waals surface area contributed by atoms with Gasteiger partial charge in [-0.15, -0.1) is 0 Å². The highest BCUT2D eigenvalue weighted by Gasteiger charge is 2.13. The van der Waals surface area contributed by atoms with Gasteiger partial charge in [-0.2, -0.15) is 0 Å². The number of pyridine rings is 1. The van der Waals surface area contributed by atoms with E-state index in [1.54, 1.807) is 0 Å². The summed E-state index contributed by atoms with van der Waals surface area (Å²) in [7, 11) is 0. The molecule has 0 N–H and O–H groups in total. The van der Waals surface area contributed by atoms with Crippen molar-refractivity contribution in [1.29, 1.82) is 0 Å². The summed E-state index contributed by atoms with van der Waals surface area (Å²) in [6, 6.07) is 28.7. The molecule has 0 spiro atoms. The van der Waals surface area contributed by atoms with Gasteiger partial charge < -0.3 is 4.57 Å². The Morgan fingerprint density at radius 2 is 1.31 bits per heavy atom. The Hall–Kier alpha value is -3.43. The first-order chi connectivity index (χ1) is 14.2. The highest BCUT2D eigenvalue weighted by Crippen LogP contribution is 2.27. The van der Waals surface area contributed by atoms with Gasteiger partial charge in [-0.3, -0.25) is 0 Å². The number of benzene rings is 3. The van der Waals surface area contributed by atoms with Crippen molar-refractivity contribution in [2.75, 3.05) is 0 Å². The SMILES string of the molecule is Clc1ccc(Cn2ccc3nc(-c4ccc(-c5ccccc5)cc4)nc-3c2)cc1. The molecule has 29 heavy (non-hydrogen) atoms. The van der Waals surface area contributed by atoms with Gasteiger partial charge in [0.1, 0.15) is 5.69 Å². The molecule has 0 amide bonds. The standard InChI is InChI=1S/C25H18ClN3/c26-22-12-6-18(7-13-22)16-29-15-14-23-24(17-29)28-25(27-23)21-10-8-20(9-11-21)19-4-2-1-3-5-19/h1-15,17H,16H2. The monoisotopic (exact) mass is 395 g/mol. The van der Waals surface area contributed by atoms with E-state index in [2.05, 4.69) is 53.1 Å². The molecule has 4 heteroatoms. The van der Waals surface area contributed by atoms with Crippen LogP contribution in [0.4, 0.5) is 0 Å². The molecule has 0 atom stereocenters. The van der Waals surface area contributed by atoms with Crippen molar-refractivity contribution in [3.8, 4) is 33.9 Å². The van der Waals surface area contributed by atoms with Crippen molar-refractivity contribution >= 4 is 11.6 Å². The zero-order valence-corrected chi connectivity index (χ0v) is 16.4. The number of imidazole rings is 1. The summed E-state index contributed by atoms with van der Waals surface area (Å²) >= 11 is 5.97. The minimum atomic E-state index is 0.749. The van der Waals surface area contributed by atoms with E-state index in [4.69, 9.17) is 21.6 Å². The van der Waals surface area contributed by atoms with Gasteiger partial charge in [-0.1, -0.05) is 78.3 Å². The third-order valence-electron chi connectivity index (χ3n) is 4.96. The quantitative estimate of drug-likeness (QED) is 0.351. The molecule has 0 saturated carbocycles. The second-order valence-corrected chi connectivity index (χ2v) is 7.44. The smallest absolute Gasteiger partial charge is 0.160 e. The number of hydrogen-bond acceptors (Lipinski definition) is 2. The maximum Gasteiger partial charge on any atom is 0.160 e. The lowest BCUT2D eigenvalue weighted by Crippen LogP contribution is -2.00. The van der Waals surface area contributed by atoms with Crippen molar-refractivity contribution in [3.63, 3.8) is 0 Å². The van der Waals surface area contributed by atoms with Crippen LogP contribution in [-0.4, -0.2) is 14.5 Å². The highest BCUT2D eigenvalue weighted by atomic mass is 35.5. The molecule has 5 rings (SSSR count). The number of aromatic nitrogens is 3. The largest absolute Gasteiger partial charge is 0.348 e. The Kier molecular flexibility index (Phi) is 4.59. The third kappa shape index (κ3) is 3.78. The van der Waals surface area contributed by atoms with E-state index < -0.39 is 0 Å². The minimum absolute atomic E-state index is 0.749. The average Bonchev–Trinajstić information content (AvgIpc) is 3.20. The van der Waals surface area contributed by atoms with Gasteiger partial charge in [0.2, 0.25) is 0 Å². The number of nitrogens with zero attached hydrogens (tertiary/aromatic N) is 3. The van der Waals surface area contributed by atoms with Crippen LogP contribution in [0.25, 0.3) is 33.9 Å². The van der Waals surface area contributed by atoms with E-state index in [1.165, 1.54) is 16.7 Å². The van der Waals surface area contributed by atoms with Crippen LogP contribution < -0.4 is 0 Å². The zero-order chi connectivity index (χ0) is 19.6. The predicted octanol–water partition coefficient (Wildman–Crippen LogP) is 6.42. The van der Waals surface area contributed by atoms with Gasteiger partial charge in [0.25, 0.3) is 0 Å². The van der Waals surface area contributed by atoms with Crippen LogP contribution in [0.5, 0.6) is 0 Å². The molecule has 0 radical (unpaired) electrons. The molecule has 0 aliphatic carbocycles. The topological polar surface area (TPSA) is 30.7 Å². The van der Waals surface area contributed by atoms with Crippen LogP contribution in [0.15, 0.2) is 97.3 Å². The first-order valence-corrected chi connectivity index (χ1v) is 9.86. The van der Waals surface area contributed by atoms with Crippen molar-refractivity contribution in [2.24, 2.45) is 0 Å². The Morgan fingerprint density at radius 3 is 2.07 bits per heavy atom. The lowest BCUT2D eigenvalue weighted by atomic mass is 10.0. The molecule has 0 saturated heterocycles. The molecule has 2 aliphatic rings. The second kappa shape index (κ2) is 7.53. The van der Waals surface area contributed by atoms with Crippen LogP contribution in [0.1, 0.15) is 5.56 Å². The summed E-state index contributed by atoms with van der Waals surface area (Å²) in [5.41, 5.74) is 6.39. The van der Waals surface area contributed by atoms with E-state index in [1.807, 2.05) is 48.8 Å². The number of rotatable bonds is 4. The molecule has 3 nitrogen and oxygen atoms in total. The molecular formula is C25H18ClN3. The Labute approximate surface area is 174 Å². The van der Waals surface area contributed by atoms with Gasteiger partial charge in [0.15, 0.2) is 5.82 Å². The second-order valence-electron chi connectivity index (χ2n) is 7.00. The molecule has 2 aliphatic heterocycles. The Morgan fingerprint density at radius 1 is 0.655 bits per heavy atom. The maximum atomic E-state index is 5.97. The van der Waals surface area contributed by atoms with Crippen molar-refractivity contribution < 1.29 is 0 Å². The lowest BCUT2D eigenvalue weighted by Gasteiger charge is -2.08. The summed E-state index contributed by atoms with van der Waals surface area (Å²) in [6.07, 6.45) is 4.08. The molecule has 2 heterocycles. The molecule has 3 aromatic rings. The van der Waals surface area contributed by atoms with E-state index in [0.29, 0.717) is 0 Å². The third-order valence-corrected chi connectivity index (χ3v) is 5.21. The van der Waals surface area contributed by atoms with E-state index in [9.17, 15) is 0 Å².